The van der Waals surface area contributed by atoms with Crippen molar-refractivity contribution in [2.24, 2.45) is 0 Å². The van der Waals surface area contributed by atoms with E-state index in [1.807, 2.05) is 30.5 Å². The number of aryl methyl sites for hydroxylation is 2. The van der Waals surface area contributed by atoms with E-state index >= 15 is 0 Å². The molecule has 2 N–H and O–H groups in total. The summed E-state index contributed by atoms with van der Waals surface area (Å²) in [5, 5.41) is 16.0. The van der Waals surface area contributed by atoms with Gasteiger partial charge in [-0.15, -0.1) is 11.3 Å². The lowest BCUT2D eigenvalue weighted by molar-refractivity contribution is -0.121. The minimum Gasteiger partial charge on any atom is -0.497 e. The molecule has 1 aromatic carbocycles. The lowest BCUT2D eigenvalue weighted by atomic mass is 10.1. The average Bonchev–Trinajstić information content (AvgIpc) is 2.98. The Bertz CT molecular complexity index is 642. The van der Waals surface area contributed by atoms with Gasteiger partial charge in [-0.1, -0.05) is 12.1 Å². The monoisotopic (exact) mass is 334 g/mol. The van der Waals surface area contributed by atoms with Crippen molar-refractivity contribution in [3.63, 3.8) is 0 Å². The van der Waals surface area contributed by atoms with Crippen LogP contribution in [0.4, 0.5) is 0 Å². The predicted octanol–water partition coefficient (Wildman–Crippen LogP) is 2.63. The third-order valence-electron chi connectivity index (χ3n) is 3.47. The summed E-state index contributed by atoms with van der Waals surface area (Å²) in [4.78, 5) is 16.2. The van der Waals surface area contributed by atoms with E-state index in [4.69, 9.17) is 4.74 Å². The summed E-state index contributed by atoms with van der Waals surface area (Å²) in [6.45, 7) is 2.17. The Morgan fingerprint density at radius 1 is 1.48 bits per heavy atom. The van der Waals surface area contributed by atoms with E-state index < -0.39 is 6.10 Å². The molecule has 2 aromatic rings. The molecular weight excluding hydrogens is 312 g/mol. The molecule has 2 rings (SSSR count). The molecule has 0 bridgehead atoms. The van der Waals surface area contributed by atoms with Gasteiger partial charge in [0.2, 0.25) is 5.91 Å². The molecule has 0 saturated heterocycles. The average molecular weight is 334 g/mol. The number of thiazole rings is 1. The zero-order valence-electron chi connectivity index (χ0n) is 13.4. The van der Waals surface area contributed by atoms with Gasteiger partial charge in [0.05, 0.1) is 23.9 Å². The number of nitrogens with one attached hydrogen (secondary N) is 1. The molecule has 0 aliphatic heterocycles. The Morgan fingerprint density at radius 3 is 3.00 bits per heavy atom. The van der Waals surface area contributed by atoms with Crippen LogP contribution in [0.1, 0.15) is 35.2 Å². The normalized spacial score (nSPS) is 12.0. The third kappa shape index (κ3) is 5.65. The molecule has 23 heavy (non-hydrogen) atoms. The Hall–Kier alpha value is -1.92. The number of hydrogen-bond acceptors (Lipinski definition) is 5. The Kier molecular flexibility index (Phi) is 6.55. The highest BCUT2D eigenvalue weighted by Crippen LogP contribution is 2.18. The van der Waals surface area contributed by atoms with E-state index in [9.17, 15) is 9.90 Å². The summed E-state index contributed by atoms with van der Waals surface area (Å²) in [6.07, 6.45) is 1.25. The van der Waals surface area contributed by atoms with Gasteiger partial charge < -0.3 is 15.2 Å². The summed E-state index contributed by atoms with van der Waals surface area (Å²) < 4.78 is 5.12. The van der Waals surface area contributed by atoms with E-state index in [1.165, 1.54) is 0 Å². The zero-order valence-corrected chi connectivity index (χ0v) is 14.2. The first kappa shape index (κ1) is 17.4. The third-order valence-corrected chi connectivity index (χ3v) is 4.30. The minimum absolute atomic E-state index is 0.0566. The maximum atomic E-state index is 11.8. The smallest absolute Gasteiger partial charge is 0.220 e. The molecule has 1 aromatic heterocycles. The van der Waals surface area contributed by atoms with Gasteiger partial charge in [-0.3, -0.25) is 4.79 Å². The van der Waals surface area contributed by atoms with E-state index in [0.29, 0.717) is 12.2 Å². The molecule has 124 valence electrons. The van der Waals surface area contributed by atoms with Gasteiger partial charge >= 0.3 is 0 Å². The summed E-state index contributed by atoms with van der Waals surface area (Å²) in [6, 6.07) is 7.20. The van der Waals surface area contributed by atoms with Crippen molar-refractivity contribution in [2.45, 2.75) is 32.3 Å². The maximum absolute atomic E-state index is 11.8. The molecule has 1 amide bonds. The summed E-state index contributed by atoms with van der Waals surface area (Å²) in [5.41, 5.74) is 1.76. The number of ether oxygens (including phenoxy) is 1. The van der Waals surface area contributed by atoms with Crippen LogP contribution in [0, 0.1) is 6.92 Å². The van der Waals surface area contributed by atoms with Gasteiger partial charge in [-0.25, -0.2) is 4.98 Å². The Morgan fingerprint density at radius 2 is 2.30 bits per heavy atom. The highest BCUT2D eigenvalue weighted by atomic mass is 32.1. The van der Waals surface area contributed by atoms with E-state index in [-0.39, 0.29) is 12.5 Å². The zero-order chi connectivity index (χ0) is 16.7. The van der Waals surface area contributed by atoms with Crippen molar-refractivity contribution in [3.8, 4) is 5.75 Å². The highest BCUT2D eigenvalue weighted by Gasteiger charge is 2.10. The van der Waals surface area contributed by atoms with Crippen molar-refractivity contribution >= 4 is 17.2 Å². The van der Waals surface area contributed by atoms with Crippen LogP contribution in [-0.2, 0) is 11.2 Å². The lowest BCUT2D eigenvalue weighted by Crippen LogP contribution is -2.28. The number of benzene rings is 1. The standard InChI is InChI=1S/C17H22N2O3S/c1-12-19-14(11-23-12)6-4-8-17(21)18-10-16(20)13-5-3-7-15(9-13)22-2/h3,5,7,9,11,16,20H,4,6,8,10H2,1-2H3,(H,18,21). The van der Waals surface area contributed by atoms with Crippen molar-refractivity contribution < 1.29 is 14.6 Å². The molecule has 0 fully saturated rings. The maximum Gasteiger partial charge on any atom is 0.220 e. The predicted molar refractivity (Wildman–Crippen MR) is 90.8 cm³/mol. The van der Waals surface area contributed by atoms with Crippen LogP contribution in [0.25, 0.3) is 0 Å². The lowest BCUT2D eigenvalue weighted by Gasteiger charge is -2.13. The Balaban J connectivity index is 1.70. The van der Waals surface area contributed by atoms with Crippen molar-refractivity contribution in [2.75, 3.05) is 13.7 Å². The van der Waals surface area contributed by atoms with Gasteiger partial charge in [-0.2, -0.15) is 0 Å². The van der Waals surface area contributed by atoms with Crippen LogP contribution in [0.5, 0.6) is 5.75 Å². The molecule has 0 saturated carbocycles. The number of methoxy groups -OCH3 is 1. The number of carbonyl (C=O) groups is 1. The van der Waals surface area contributed by atoms with Gasteiger partial charge in [0.15, 0.2) is 0 Å². The number of aliphatic hydroxyl groups excluding tert-OH is 1. The number of carbonyl (C=O) groups excluding carboxylic acids is 1. The first-order chi connectivity index (χ1) is 11.1. The highest BCUT2D eigenvalue weighted by molar-refractivity contribution is 7.09. The fourth-order valence-corrected chi connectivity index (χ4v) is 2.87. The molecule has 0 spiro atoms. The molecule has 1 unspecified atom stereocenters. The van der Waals surface area contributed by atoms with Crippen LogP contribution in [-0.4, -0.2) is 29.7 Å². The largest absolute Gasteiger partial charge is 0.497 e. The van der Waals surface area contributed by atoms with Gasteiger partial charge in [0.25, 0.3) is 0 Å². The number of nitrogens with zero attached hydrogens (tertiary/aromatic N) is 1. The van der Waals surface area contributed by atoms with E-state index in [0.717, 1.165) is 29.1 Å². The number of aliphatic hydroxyl groups is 1. The molecule has 0 aliphatic rings. The van der Waals surface area contributed by atoms with Gasteiger partial charge in [0.1, 0.15) is 5.75 Å². The second-order valence-electron chi connectivity index (χ2n) is 5.31. The molecule has 6 heteroatoms. The van der Waals surface area contributed by atoms with Gasteiger partial charge in [0, 0.05) is 18.3 Å². The second-order valence-corrected chi connectivity index (χ2v) is 6.37. The molecule has 0 aliphatic carbocycles. The summed E-state index contributed by atoms with van der Waals surface area (Å²) in [5.74, 6) is 0.630. The van der Waals surface area contributed by atoms with Crippen LogP contribution < -0.4 is 10.1 Å². The van der Waals surface area contributed by atoms with Crippen molar-refractivity contribution in [1.29, 1.82) is 0 Å². The fourth-order valence-electron chi connectivity index (χ4n) is 2.22. The van der Waals surface area contributed by atoms with E-state index in [1.54, 1.807) is 24.5 Å². The molecular formula is C17H22N2O3S. The number of rotatable bonds is 8. The Labute approximate surface area is 140 Å². The van der Waals surface area contributed by atoms with Crippen LogP contribution in [0.15, 0.2) is 29.6 Å². The van der Waals surface area contributed by atoms with Crippen LogP contribution in [0.3, 0.4) is 0 Å². The quantitative estimate of drug-likeness (QED) is 0.778. The van der Waals surface area contributed by atoms with Crippen LogP contribution in [0.2, 0.25) is 0 Å². The molecule has 1 heterocycles. The molecule has 1 atom stereocenters. The molecule has 5 nitrogen and oxygen atoms in total. The topological polar surface area (TPSA) is 71.5 Å². The first-order valence-corrected chi connectivity index (χ1v) is 8.46. The number of hydrogen-bond donors (Lipinski definition) is 2. The summed E-state index contributed by atoms with van der Waals surface area (Å²) >= 11 is 1.62. The van der Waals surface area contributed by atoms with Crippen molar-refractivity contribution in [1.82, 2.24) is 10.3 Å². The second kappa shape index (κ2) is 8.64. The first-order valence-electron chi connectivity index (χ1n) is 7.58. The SMILES string of the molecule is COc1cccc(C(O)CNC(=O)CCCc2csc(C)n2)c1. The van der Waals surface area contributed by atoms with E-state index in [2.05, 4.69) is 10.3 Å². The van der Waals surface area contributed by atoms with Crippen molar-refractivity contribution in [3.05, 3.63) is 45.9 Å². The fraction of sp³-hybridized carbons (Fsp3) is 0.412. The number of amides is 1. The minimum atomic E-state index is -0.741. The number of aromatic nitrogens is 1. The van der Waals surface area contributed by atoms with Gasteiger partial charge in [-0.05, 0) is 37.5 Å². The van der Waals surface area contributed by atoms with Crippen LogP contribution >= 0.6 is 11.3 Å². The molecule has 0 radical (unpaired) electrons. The summed E-state index contributed by atoms with van der Waals surface area (Å²) in [7, 11) is 1.58.